The van der Waals surface area contributed by atoms with Gasteiger partial charge < -0.3 is 5.32 Å². The molecule has 1 amide bonds. The maximum absolute atomic E-state index is 11.9. The first-order valence-electron chi connectivity index (χ1n) is 6.66. The van der Waals surface area contributed by atoms with Gasteiger partial charge in [0.2, 0.25) is 5.84 Å². The Hall–Kier alpha value is -1.63. The van der Waals surface area contributed by atoms with Gasteiger partial charge in [0, 0.05) is 13.0 Å². The Bertz CT molecular complexity index is 744. The second kappa shape index (κ2) is 6.64. The number of aromatic amines is 1. The average Bonchev–Trinajstić information content (AvgIpc) is 3.15. The van der Waals surface area contributed by atoms with Gasteiger partial charge in [-0.2, -0.15) is 5.32 Å². The number of H-pyrrole nitrogens is 1. The molecule has 3 N–H and O–H groups in total. The Morgan fingerprint density at radius 1 is 1.41 bits per heavy atom. The van der Waals surface area contributed by atoms with E-state index in [1.165, 1.54) is 11.3 Å². The molecule has 114 valence electrons. The number of carbonyl (C=O) groups is 1. The SMILES string of the molecule is O=C(Nc1[nH+]cc(Cc2ccc(Cl)c(Cl)c2)s1)C1=NCCN1. The van der Waals surface area contributed by atoms with E-state index in [1.54, 1.807) is 6.07 Å². The van der Waals surface area contributed by atoms with Crippen LogP contribution in [0.1, 0.15) is 10.4 Å². The van der Waals surface area contributed by atoms with Gasteiger partial charge in [-0.1, -0.05) is 40.6 Å². The number of aliphatic imine (C=N–C) groups is 1. The molecule has 3 rings (SSSR count). The topological polar surface area (TPSA) is 67.6 Å². The summed E-state index contributed by atoms with van der Waals surface area (Å²) in [5.41, 5.74) is 1.06. The number of nitrogens with zero attached hydrogens (tertiary/aromatic N) is 1. The second-order valence-electron chi connectivity index (χ2n) is 4.72. The fourth-order valence-electron chi connectivity index (χ4n) is 2.05. The minimum atomic E-state index is -0.225. The molecule has 0 atom stereocenters. The number of halogens is 2. The van der Waals surface area contributed by atoms with Crippen molar-refractivity contribution in [1.82, 2.24) is 5.32 Å². The number of hydrogen-bond donors (Lipinski definition) is 2. The lowest BCUT2D eigenvalue weighted by Crippen LogP contribution is -2.33. The number of amidine groups is 1. The van der Waals surface area contributed by atoms with E-state index >= 15 is 0 Å². The second-order valence-corrected chi connectivity index (χ2v) is 6.67. The van der Waals surface area contributed by atoms with Crippen molar-refractivity contribution in [2.24, 2.45) is 4.99 Å². The lowest BCUT2D eigenvalue weighted by Gasteiger charge is -2.00. The van der Waals surface area contributed by atoms with E-state index in [9.17, 15) is 4.79 Å². The third-order valence-electron chi connectivity index (χ3n) is 3.08. The van der Waals surface area contributed by atoms with Crippen molar-refractivity contribution in [3.05, 3.63) is 44.9 Å². The van der Waals surface area contributed by atoms with Crippen LogP contribution < -0.4 is 15.6 Å². The molecule has 0 radical (unpaired) electrons. The van der Waals surface area contributed by atoms with E-state index in [4.69, 9.17) is 23.2 Å². The van der Waals surface area contributed by atoms with Crippen LogP contribution in [0, 0.1) is 0 Å². The molecule has 0 spiro atoms. The summed E-state index contributed by atoms with van der Waals surface area (Å²) in [6.07, 6.45) is 2.58. The molecule has 0 aliphatic carbocycles. The van der Waals surface area contributed by atoms with Crippen LogP contribution in [-0.2, 0) is 11.2 Å². The zero-order chi connectivity index (χ0) is 15.5. The average molecular weight is 356 g/mol. The molecule has 8 heteroatoms. The van der Waals surface area contributed by atoms with Crippen LogP contribution in [0.15, 0.2) is 29.4 Å². The molecule has 0 saturated heterocycles. The molecule has 0 bridgehead atoms. The standard InChI is InChI=1S/C14H12Cl2N4OS/c15-10-2-1-8(6-11(10)16)5-9-7-19-14(22-9)20-13(21)12-17-3-4-18-12/h1-2,6-7H,3-5H2,(H,17,18)(H,19,20,21)/p+1. The normalized spacial score (nSPS) is 13.6. The fourth-order valence-corrected chi connectivity index (χ4v) is 3.25. The van der Waals surface area contributed by atoms with E-state index in [0.29, 0.717) is 40.5 Å². The van der Waals surface area contributed by atoms with Gasteiger partial charge >= 0.3 is 11.0 Å². The molecule has 1 aromatic heterocycles. The lowest BCUT2D eigenvalue weighted by atomic mass is 10.1. The first-order chi connectivity index (χ1) is 10.6. The third kappa shape index (κ3) is 3.58. The molecular formula is C14H13Cl2N4OS+. The maximum atomic E-state index is 11.9. The number of carbonyl (C=O) groups excluding carboxylic acids is 1. The predicted octanol–water partition coefficient (Wildman–Crippen LogP) is 2.40. The summed E-state index contributed by atoms with van der Waals surface area (Å²) in [6.45, 7) is 1.35. The van der Waals surface area contributed by atoms with Gasteiger partial charge in [-0.25, -0.2) is 9.78 Å². The molecule has 1 aliphatic rings. The molecule has 5 nitrogen and oxygen atoms in total. The monoisotopic (exact) mass is 355 g/mol. The molecule has 22 heavy (non-hydrogen) atoms. The number of thiazole rings is 1. The summed E-state index contributed by atoms with van der Waals surface area (Å²) < 4.78 is 0. The van der Waals surface area contributed by atoms with Crippen LogP contribution in [0.3, 0.4) is 0 Å². The predicted molar refractivity (Wildman–Crippen MR) is 89.1 cm³/mol. The zero-order valence-corrected chi connectivity index (χ0v) is 13.8. The Labute approximate surface area is 141 Å². The van der Waals surface area contributed by atoms with Gasteiger partial charge in [0.25, 0.3) is 0 Å². The van der Waals surface area contributed by atoms with Crippen molar-refractivity contribution >= 4 is 51.4 Å². The fraction of sp³-hybridized carbons (Fsp3) is 0.214. The van der Waals surface area contributed by atoms with E-state index in [1.807, 2.05) is 18.3 Å². The highest BCUT2D eigenvalue weighted by Gasteiger charge is 2.21. The van der Waals surface area contributed by atoms with Gasteiger partial charge in [-0.05, 0) is 17.7 Å². The highest BCUT2D eigenvalue weighted by molar-refractivity contribution is 7.15. The van der Waals surface area contributed by atoms with Crippen LogP contribution in [0.25, 0.3) is 0 Å². The van der Waals surface area contributed by atoms with Crippen molar-refractivity contribution in [3.8, 4) is 0 Å². The van der Waals surface area contributed by atoms with Gasteiger partial charge in [0.1, 0.15) is 6.20 Å². The van der Waals surface area contributed by atoms with Crippen molar-refractivity contribution in [2.45, 2.75) is 6.42 Å². The van der Waals surface area contributed by atoms with Crippen molar-refractivity contribution in [2.75, 3.05) is 18.4 Å². The Morgan fingerprint density at radius 3 is 3.00 bits per heavy atom. The van der Waals surface area contributed by atoms with E-state index in [0.717, 1.165) is 10.4 Å². The first-order valence-corrected chi connectivity index (χ1v) is 8.23. The number of anilines is 1. The highest BCUT2D eigenvalue weighted by Crippen LogP contribution is 2.25. The van der Waals surface area contributed by atoms with Crippen molar-refractivity contribution in [3.63, 3.8) is 0 Å². The van der Waals surface area contributed by atoms with Crippen LogP contribution in [0.2, 0.25) is 10.0 Å². The van der Waals surface area contributed by atoms with Crippen molar-refractivity contribution < 1.29 is 9.78 Å². The van der Waals surface area contributed by atoms with Crippen LogP contribution in [0.4, 0.5) is 5.13 Å². The Kier molecular flexibility index (Phi) is 4.61. The lowest BCUT2D eigenvalue weighted by molar-refractivity contribution is -0.354. The maximum Gasteiger partial charge on any atom is 0.374 e. The van der Waals surface area contributed by atoms with E-state index < -0.39 is 0 Å². The Morgan fingerprint density at radius 2 is 2.27 bits per heavy atom. The number of nitrogens with one attached hydrogen (secondary N) is 3. The summed E-state index contributed by atoms with van der Waals surface area (Å²) >= 11 is 13.4. The summed E-state index contributed by atoms with van der Waals surface area (Å²) in [6, 6.07) is 5.56. The molecule has 1 aromatic carbocycles. The van der Waals surface area contributed by atoms with Gasteiger partial charge in [0.05, 0.1) is 21.5 Å². The summed E-state index contributed by atoms with van der Waals surface area (Å²) in [7, 11) is 0. The van der Waals surface area contributed by atoms with Crippen LogP contribution in [-0.4, -0.2) is 24.8 Å². The van der Waals surface area contributed by atoms with Crippen LogP contribution >= 0.6 is 34.5 Å². The summed E-state index contributed by atoms with van der Waals surface area (Å²) in [5.74, 6) is 0.157. The molecule has 2 heterocycles. The number of rotatable bonds is 4. The summed E-state index contributed by atoms with van der Waals surface area (Å²) in [4.78, 5) is 20.1. The van der Waals surface area contributed by atoms with Crippen molar-refractivity contribution in [1.29, 1.82) is 0 Å². The van der Waals surface area contributed by atoms with E-state index in [2.05, 4.69) is 20.6 Å². The molecule has 2 aromatic rings. The third-order valence-corrected chi connectivity index (χ3v) is 4.76. The number of benzene rings is 1. The number of hydrogen-bond acceptors (Lipinski definition) is 4. The molecule has 0 saturated carbocycles. The number of amides is 1. The summed E-state index contributed by atoms with van der Waals surface area (Å²) in [5, 5.41) is 7.49. The van der Waals surface area contributed by atoms with E-state index in [-0.39, 0.29) is 5.91 Å². The smallest absolute Gasteiger partial charge is 0.362 e. The molecule has 0 unspecified atom stereocenters. The minimum absolute atomic E-state index is 0.225. The largest absolute Gasteiger partial charge is 0.374 e. The number of aromatic nitrogens is 1. The Balaban J connectivity index is 1.65. The first kappa shape index (κ1) is 15.3. The zero-order valence-electron chi connectivity index (χ0n) is 11.5. The van der Waals surface area contributed by atoms with Gasteiger partial charge in [0.15, 0.2) is 0 Å². The quantitative estimate of drug-likeness (QED) is 0.883. The highest BCUT2D eigenvalue weighted by atomic mass is 35.5. The minimum Gasteiger partial charge on any atom is -0.362 e. The van der Waals surface area contributed by atoms with Gasteiger partial charge in [-0.15, -0.1) is 0 Å². The van der Waals surface area contributed by atoms with Crippen LogP contribution in [0.5, 0.6) is 0 Å². The van der Waals surface area contributed by atoms with Gasteiger partial charge in [-0.3, -0.25) is 4.99 Å². The molecule has 0 fully saturated rings. The molecular weight excluding hydrogens is 343 g/mol. The molecule has 1 aliphatic heterocycles.